The Bertz CT molecular complexity index is 487. The van der Waals surface area contributed by atoms with Gasteiger partial charge in [-0.25, -0.2) is 0 Å². The summed E-state index contributed by atoms with van der Waals surface area (Å²) in [4.78, 5) is 13.8. The maximum atomic E-state index is 11.6. The molecule has 1 rings (SSSR count). The maximum Gasteiger partial charge on any atom is 0.237 e. The fraction of sp³-hybridized carbons (Fsp3) is 0.588. The van der Waals surface area contributed by atoms with Crippen LogP contribution in [0, 0.1) is 13.8 Å². The molecule has 0 heterocycles. The minimum Gasteiger partial charge on any atom is -0.374 e. The highest BCUT2D eigenvalue weighted by atomic mass is 16.1. The van der Waals surface area contributed by atoms with Crippen LogP contribution in [0.1, 0.15) is 37.8 Å². The van der Waals surface area contributed by atoms with Crippen molar-refractivity contribution in [3.8, 4) is 0 Å². The van der Waals surface area contributed by atoms with Crippen LogP contribution in [0.3, 0.4) is 0 Å². The van der Waals surface area contributed by atoms with E-state index in [9.17, 15) is 4.79 Å². The van der Waals surface area contributed by atoms with Crippen LogP contribution in [0.5, 0.6) is 0 Å². The van der Waals surface area contributed by atoms with Crippen LogP contribution in [0.25, 0.3) is 0 Å². The number of nitrogens with zero attached hydrogens (tertiary/aromatic N) is 1. The summed E-state index contributed by atoms with van der Waals surface area (Å²) < 4.78 is 0. The van der Waals surface area contributed by atoms with Crippen molar-refractivity contribution in [1.29, 1.82) is 0 Å². The second-order valence-electron chi connectivity index (χ2n) is 6.04. The second-order valence-corrected chi connectivity index (χ2v) is 6.04. The number of benzene rings is 1. The summed E-state index contributed by atoms with van der Waals surface area (Å²) in [5.74, 6) is -0.279. The summed E-state index contributed by atoms with van der Waals surface area (Å²) in [7, 11) is 2.09. The lowest BCUT2D eigenvalue weighted by atomic mass is 9.94. The summed E-state index contributed by atoms with van der Waals surface area (Å²) in [5.41, 5.74) is 8.69. The van der Waals surface area contributed by atoms with Crippen molar-refractivity contribution in [3.05, 3.63) is 29.3 Å². The second kappa shape index (κ2) is 7.46. The van der Waals surface area contributed by atoms with Crippen LogP contribution in [-0.4, -0.2) is 31.6 Å². The number of aryl methyl sites for hydroxylation is 2. The molecular weight excluding hydrogens is 262 g/mol. The van der Waals surface area contributed by atoms with Gasteiger partial charge in [0.25, 0.3) is 0 Å². The number of likely N-dealkylation sites (N-methyl/N-ethyl adjacent to an activating group) is 1. The molecule has 1 aromatic rings. The smallest absolute Gasteiger partial charge is 0.237 e. The Labute approximate surface area is 128 Å². The number of hydrogen-bond acceptors (Lipinski definition) is 3. The average Bonchev–Trinajstić information content (AvgIpc) is 2.38. The third-order valence-corrected chi connectivity index (χ3v) is 4.04. The van der Waals surface area contributed by atoms with E-state index in [0.717, 1.165) is 25.9 Å². The normalized spacial score (nSPS) is 13.8. The first-order valence-corrected chi connectivity index (χ1v) is 7.63. The van der Waals surface area contributed by atoms with Gasteiger partial charge in [-0.15, -0.1) is 0 Å². The fourth-order valence-electron chi connectivity index (χ4n) is 2.71. The van der Waals surface area contributed by atoms with Crippen molar-refractivity contribution in [2.75, 3.05) is 25.0 Å². The summed E-state index contributed by atoms with van der Waals surface area (Å²) >= 11 is 0. The molecular formula is C17H29N3O. The standard InChI is InChI=1S/C17H29N3O/c1-6-19-17(4,16(18)21)10-7-11-20(5)15-9-8-13(2)12-14(15)3/h8-9,12,19H,6-7,10-11H2,1-5H3,(H2,18,21). The van der Waals surface area contributed by atoms with Gasteiger partial charge >= 0.3 is 0 Å². The van der Waals surface area contributed by atoms with Crippen molar-refractivity contribution in [3.63, 3.8) is 0 Å². The molecule has 0 saturated heterocycles. The Hall–Kier alpha value is -1.55. The number of carbonyl (C=O) groups is 1. The molecule has 21 heavy (non-hydrogen) atoms. The molecule has 1 unspecified atom stereocenters. The van der Waals surface area contributed by atoms with Crippen molar-refractivity contribution >= 4 is 11.6 Å². The highest BCUT2D eigenvalue weighted by Gasteiger charge is 2.29. The van der Waals surface area contributed by atoms with E-state index in [-0.39, 0.29) is 5.91 Å². The molecule has 3 N–H and O–H groups in total. The number of anilines is 1. The van der Waals surface area contributed by atoms with Gasteiger partial charge in [0.2, 0.25) is 5.91 Å². The van der Waals surface area contributed by atoms with E-state index in [4.69, 9.17) is 5.73 Å². The molecule has 0 bridgehead atoms. The van der Waals surface area contributed by atoms with Gasteiger partial charge in [0.1, 0.15) is 0 Å². The zero-order valence-electron chi connectivity index (χ0n) is 14.0. The van der Waals surface area contributed by atoms with E-state index >= 15 is 0 Å². The molecule has 0 aromatic heterocycles. The van der Waals surface area contributed by atoms with E-state index in [0.29, 0.717) is 0 Å². The van der Waals surface area contributed by atoms with Crippen molar-refractivity contribution < 1.29 is 4.79 Å². The Kier molecular flexibility index (Phi) is 6.21. The van der Waals surface area contributed by atoms with Gasteiger partial charge in [0.15, 0.2) is 0 Å². The largest absolute Gasteiger partial charge is 0.374 e. The van der Waals surface area contributed by atoms with Crippen LogP contribution >= 0.6 is 0 Å². The van der Waals surface area contributed by atoms with Crippen molar-refractivity contribution in [2.45, 2.75) is 46.1 Å². The summed E-state index contributed by atoms with van der Waals surface area (Å²) in [6.45, 7) is 9.75. The molecule has 4 heteroatoms. The van der Waals surface area contributed by atoms with E-state index in [1.54, 1.807) is 0 Å². The first-order chi connectivity index (χ1) is 9.80. The molecule has 1 aromatic carbocycles. The Morgan fingerprint density at radius 1 is 1.38 bits per heavy atom. The van der Waals surface area contributed by atoms with E-state index in [1.807, 2.05) is 13.8 Å². The van der Waals surface area contributed by atoms with Gasteiger partial charge in [0.05, 0.1) is 5.54 Å². The maximum absolute atomic E-state index is 11.6. The number of rotatable bonds is 8. The SMILES string of the molecule is CCNC(C)(CCCN(C)c1ccc(C)cc1C)C(N)=O. The molecule has 0 fully saturated rings. The monoisotopic (exact) mass is 291 g/mol. The van der Waals surface area contributed by atoms with Crippen LogP contribution in [0.4, 0.5) is 5.69 Å². The average molecular weight is 291 g/mol. The number of carbonyl (C=O) groups excluding carboxylic acids is 1. The highest BCUT2D eigenvalue weighted by Crippen LogP contribution is 2.21. The number of primary amides is 1. The number of nitrogens with one attached hydrogen (secondary N) is 1. The van der Waals surface area contributed by atoms with Gasteiger partial charge in [-0.2, -0.15) is 0 Å². The molecule has 118 valence electrons. The summed E-state index contributed by atoms with van der Waals surface area (Å²) in [6, 6.07) is 6.48. The topological polar surface area (TPSA) is 58.4 Å². The zero-order chi connectivity index (χ0) is 16.0. The van der Waals surface area contributed by atoms with E-state index in [1.165, 1.54) is 16.8 Å². The molecule has 0 aliphatic carbocycles. The zero-order valence-corrected chi connectivity index (χ0v) is 14.0. The first kappa shape index (κ1) is 17.5. The molecule has 4 nitrogen and oxygen atoms in total. The fourth-order valence-corrected chi connectivity index (χ4v) is 2.71. The lowest BCUT2D eigenvalue weighted by Gasteiger charge is -2.29. The first-order valence-electron chi connectivity index (χ1n) is 7.63. The number of hydrogen-bond donors (Lipinski definition) is 2. The minimum atomic E-state index is -0.613. The van der Waals surface area contributed by atoms with Gasteiger partial charge in [-0.05, 0) is 51.8 Å². The van der Waals surface area contributed by atoms with Gasteiger partial charge in [-0.1, -0.05) is 24.6 Å². The van der Waals surface area contributed by atoms with Crippen LogP contribution in [-0.2, 0) is 4.79 Å². The summed E-state index contributed by atoms with van der Waals surface area (Å²) in [5, 5.41) is 3.20. The van der Waals surface area contributed by atoms with E-state index < -0.39 is 5.54 Å². The predicted octanol–water partition coefficient (Wildman–Crippen LogP) is 2.37. The third kappa shape index (κ3) is 4.74. The van der Waals surface area contributed by atoms with Crippen LogP contribution in [0.2, 0.25) is 0 Å². The van der Waals surface area contributed by atoms with Crippen molar-refractivity contribution in [1.82, 2.24) is 5.32 Å². The molecule has 0 aliphatic heterocycles. The van der Waals surface area contributed by atoms with Crippen LogP contribution in [0.15, 0.2) is 18.2 Å². The number of nitrogens with two attached hydrogens (primary N) is 1. The minimum absolute atomic E-state index is 0.279. The van der Waals surface area contributed by atoms with Gasteiger partial charge in [-0.3, -0.25) is 4.79 Å². The molecule has 0 spiro atoms. The Morgan fingerprint density at radius 3 is 2.57 bits per heavy atom. The Balaban J connectivity index is 2.60. The van der Waals surface area contributed by atoms with Crippen molar-refractivity contribution in [2.24, 2.45) is 5.73 Å². The van der Waals surface area contributed by atoms with E-state index in [2.05, 4.69) is 49.3 Å². The molecule has 0 aliphatic rings. The lowest BCUT2D eigenvalue weighted by molar-refractivity contribution is -0.124. The lowest BCUT2D eigenvalue weighted by Crippen LogP contribution is -2.53. The summed E-state index contributed by atoms with van der Waals surface area (Å²) in [6.07, 6.45) is 1.65. The highest BCUT2D eigenvalue weighted by molar-refractivity contribution is 5.84. The van der Waals surface area contributed by atoms with Crippen LogP contribution < -0.4 is 16.0 Å². The predicted molar refractivity (Wildman–Crippen MR) is 89.7 cm³/mol. The Morgan fingerprint density at radius 2 is 2.05 bits per heavy atom. The molecule has 0 saturated carbocycles. The number of amides is 1. The third-order valence-electron chi connectivity index (χ3n) is 4.04. The molecule has 1 amide bonds. The van der Waals surface area contributed by atoms with Gasteiger partial charge in [0, 0.05) is 19.3 Å². The molecule has 1 atom stereocenters. The van der Waals surface area contributed by atoms with Gasteiger partial charge < -0.3 is 16.0 Å². The quantitative estimate of drug-likeness (QED) is 0.773. The molecule has 0 radical (unpaired) electrons.